The first-order chi connectivity index (χ1) is 9.72. The maximum Gasteiger partial charge on any atom is 0.573 e. The first-order valence-corrected chi connectivity index (χ1v) is 6.09. The summed E-state index contributed by atoms with van der Waals surface area (Å²) in [5, 5.41) is 9.62. The van der Waals surface area contributed by atoms with Crippen LogP contribution < -0.4 is 4.74 Å². The zero-order valence-electron chi connectivity index (χ0n) is 11.8. The maximum absolute atomic E-state index is 14.0. The smallest absolute Gasteiger partial charge is 0.505 e. The number of phenols is 1. The van der Waals surface area contributed by atoms with Gasteiger partial charge in [-0.1, -0.05) is 6.92 Å². The Morgan fingerprint density at radius 3 is 1.95 bits per heavy atom. The molecular weight excluding hydrogens is 321 g/mol. The Morgan fingerprint density at radius 1 is 1.09 bits per heavy atom. The van der Waals surface area contributed by atoms with Gasteiger partial charge in [0.15, 0.2) is 11.6 Å². The summed E-state index contributed by atoms with van der Waals surface area (Å²) in [4.78, 5) is 0. The molecule has 0 bridgehead atoms. The van der Waals surface area contributed by atoms with Crippen molar-refractivity contribution in [2.24, 2.45) is 0 Å². The number of alkyl halides is 6. The quantitative estimate of drug-likeness (QED) is 0.802. The number of hydrogen-bond acceptors (Lipinski definition) is 2. The standard InChI is InChI=1S/C13H13F7O2/c1-4-6-8(22-13(18,19)20)5-7(10(21)9(6)14)11(2,3)12(15,16)17/h5,21H,4H2,1-3H3. The van der Waals surface area contributed by atoms with E-state index in [1.807, 2.05) is 0 Å². The molecule has 0 aromatic heterocycles. The fourth-order valence-corrected chi connectivity index (χ4v) is 1.83. The third-order valence-electron chi connectivity index (χ3n) is 3.26. The van der Waals surface area contributed by atoms with Crippen molar-refractivity contribution in [1.29, 1.82) is 0 Å². The maximum atomic E-state index is 14.0. The van der Waals surface area contributed by atoms with E-state index in [9.17, 15) is 35.8 Å². The molecule has 0 saturated carbocycles. The summed E-state index contributed by atoms with van der Waals surface area (Å²) in [5.74, 6) is -4.00. The molecule has 0 heterocycles. The molecule has 0 spiro atoms. The highest BCUT2D eigenvalue weighted by Crippen LogP contribution is 2.47. The highest BCUT2D eigenvalue weighted by molar-refractivity contribution is 5.50. The molecule has 1 N–H and O–H groups in total. The van der Waals surface area contributed by atoms with Crippen LogP contribution in [0.2, 0.25) is 0 Å². The zero-order chi connectivity index (χ0) is 17.5. The van der Waals surface area contributed by atoms with Crippen molar-refractivity contribution in [3.63, 3.8) is 0 Å². The molecule has 1 aromatic carbocycles. The van der Waals surface area contributed by atoms with Gasteiger partial charge in [0, 0.05) is 11.1 Å². The topological polar surface area (TPSA) is 29.5 Å². The van der Waals surface area contributed by atoms with Crippen molar-refractivity contribution in [3.05, 3.63) is 23.0 Å². The number of aromatic hydroxyl groups is 1. The Bertz CT molecular complexity index is 559. The zero-order valence-corrected chi connectivity index (χ0v) is 11.8. The van der Waals surface area contributed by atoms with Gasteiger partial charge in [-0.15, -0.1) is 13.2 Å². The molecule has 22 heavy (non-hydrogen) atoms. The van der Waals surface area contributed by atoms with Gasteiger partial charge in [0.2, 0.25) is 0 Å². The Labute approximate surface area is 121 Å². The molecule has 2 nitrogen and oxygen atoms in total. The second-order valence-corrected chi connectivity index (χ2v) is 5.09. The highest BCUT2D eigenvalue weighted by Gasteiger charge is 2.51. The summed E-state index contributed by atoms with van der Waals surface area (Å²) >= 11 is 0. The molecule has 0 amide bonds. The number of phenolic OH excluding ortho intramolecular Hbond substituents is 1. The fraction of sp³-hybridized carbons (Fsp3) is 0.538. The highest BCUT2D eigenvalue weighted by atomic mass is 19.4. The number of hydrogen-bond donors (Lipinski definition) is 1. The van der Waals surface area contributed by atoms with Crippen molar-refractivity contribution in [1.82, 2.24) is 0 Å². The Kier molecular flexibility index (Phi) is 4.60. The minimum atomic E-state index is -5.20. The number of benzene rings is 1. The molecule has 9 heteroatoms. The van der Waals surface area contributed by atoms with Gasteiger partial charge >= 0.3 is 12.5 Å². The van der Waals surface area contributed by atoms with Crippen molar-refractivity contribution in [2.45, 2.75) is 45.1 Å². The van der Waals surface area contributed by atoms with Gasteiger partial charge in [0.05, 0.1) is 5.41 Å². The van der Waals surface area contributed by atoms with Crippen LogP contribution in [-0.2, 0) is 11.8 Å². The fourth-order valence-electron chi connectivity index (χ4n) is 1.83. The van der Waals surface area contributed by atoms with Crippen molar-refractivity contribution >= 4 is 0 Å². The number of ether oxygens (including phenoxy) is 1. The lowest BCUT2D eigenvalue weighted by Gasteiger charge is -2.30. The molecular formula is C13H13F7O2. The minimum absolute atomic E-state index is 0.308. The molecule has 0 radical (unpaired) electrons. The van der Waals surface area contributed by atoms with E-state index in [0.717, 1.165) is 0 Å². The monoisotopic (exact) mass is 334 g/mol. The molecule has 1 aromatic rings. The molecule has 0 aliphatic rings. The molecule has 0 fully saturated rings. The largest absolute Gasteiger partial charge is 0.573 e. The summed E-state index contributed by atoms with van der Waals surface area (Å²) < 4.78 is 93.5. The van der Waals surface area contributed by atoms with E-state index in [0.29, 0.717) is 19.9 Å². The number of halogens is 7. The summed E-state index contributed by atoms with van der Waals surface area (Å²) in [5.41, 5.74) is -4.46. The molecule has 126 valence electrons. The second-order valence-electron chi connectivity index (χ2n) is 5.09. The molecule has 1 rings (SSSR count). The van der Waals surface area contributed by atoms with Crippen LogP contribution in [-0.4, -0.2) is 17.6 Å². The Morgan fingerprint density at radius 2 is 1.59 bits per heavy atom. The van der Waals surface area contributed by atoms with Crippen LogP contribution in [0.3, 0.4) is 0 Å². The molecule has 0 unspecified atom stereocenters. The first kappa shape index (κ1) is 18.4. The minimum Gasteiger partial charge on any atom is -0.505 e. The average Bonchev–Trinajstić information content (AvgIpc) is 2.30. The van der Waals surface area contributed by atoms with Crippen LogP contribution in [0.15, 0.2) is 6.07 Å². The second kappa shape index (κ2) is 5.51. The third-order valence-corrected chi connectivity index (χ3v) is 3.26. The van der Waals surface area contributed by atoms with Crippen LogP contribution in [0.5, 0.6) is 11.5 Å². The van der Waals surface area contributed by atoms with E-state index in [-0.39, 0.29) is 6.42 Å². The Hall–Kier alpha value is -1.67. The van der Waals surface area contributed by atoms with E-state index >= 15 is 0 Å². The first-order valence-electron chi connectivity index (χ1n) is 6.09. The van der Waals surface area contributed by atoms with E-state index in [1.54, 1.807) is 0 Å². The van der Waals surface area contributed by atoms with Gasteiger partial charge in [-0.3, -0.25) is 0 Å². The summed E-state index contributed by atoms with van der Waals surface area (Å²) in [6.45, 7) is 2.50. The van der Waals surface area contributed by atoms with Crippen LogP contribution in [0, 0.1) is 5.82 Å². The predicted octanol–water partition coefficient (Wildman–Crippen LogP) is 4.83. The SMILES string of the molecule is CCc1c(OC(F)(F)F)cc(C(C)(C)C(F)(F)F)c(O)c1F. The summed E-state index contributed by atoms with van der Waals surface area (Å²) in [7, 11) is 0. The molecule has 0 aliphatic carbocycles. The van der Waals surface area contributed by atoms with Crippen molar-refractivity contribution in [3.8, 4) is 11.5 Å². The van der Waals surface area contributed by atoms with Crippen molar-refractivity contribution < 1.29 is 40.6 Å². The van der Waals surface area contributed by atoms with Crippen LogP contribution in [0.1, 0.15) is 31.9 Å². The van der Waals surface area contributed by atoms with Crippen LogP contribution in [0.4, 0.5) is 30.7 Å². The molecule has 0 atom stereocenters. The van der Waals surface area contributed by atoms with Gasteiger partial charge in [0.1, 0.15) is 5.75 Å². The van der Waals surface area contributed by atoms with Gasteiger partial charge in [-0.25, -0.2) is 4.39 Å². The van der Waals surface area contributed by atoms with Crippen LogP contribution >= 0.6 is 0 Å². The average molecular weight is 334 g/mol. The third kappa shape index (κ3) is 3.38. The van der Waals surface area contributed by atoms with E-state index in [1.165, 1.54) is 6.92 Å². The predicted molar refractivity (Wildman–Crippen MR) is 63.2 cm³/mol. The lowest BCUT2D eigenvalue weighted by Crippen LogP contribution is -2.36. The van der Waals surface area contributed by atoms with E-state index in [4.69, 9.17) is 0 Å². The van der Waals surface area contributed by atoms with Crippen LogP contribution in [0.25, 0.3) is 0 Å². The van der Waals surface area contributed by atoms with Gasteiger partial charge in [-0.2, -0.15) is 13.2 Å². The van der Waals surface area contributed by atoms with Gasteiger partial charge in [0.25, 0.3) is 0 Å². The van der Waals surface area contributed by atoms with E-state index in [2.05, 4.69) is 4.74 Å². The Balaban J connectivity index is 3.62. The lowest BCUT2D eigenvalue weighted by atomic mass is 9.82. The molecule has 0 aliphatic heterocycles. The normalized spacial score (nSPS) is 13.4. The van der Waals surface area contributed by atoms with Crippen molar-refractivity contribution in [2.75, 3.05) is 0 Å². The number of rotatable bonds is 3. The van der Waals surface area contributed by atoms with Gasteiger partial charge in [-0.05, 0) is 26.3 Å². The molecule has 0 saturated heterocycles. The van der Waals surface area contributed by atoms with E-state index < -0.39 is 46.4 Å². The lowest BCUT2D eigenvalue weighted by molar-refractivity contribution is -0.275. The van der Waals surface area contributed by atoms with Gasteiger partial charge < -0.3 is 9.84 Å². The summed E-state index contributed by atoms with van der Waals surface area (Å²) in [6.07, 6.45) is -10.4. The summed E-state index contributed by atoms with van der Waals surface area (Å²) in [6, 6.07) is 0.373.